The van der Waals surface area contributed by atoms with E-state index in [9.17, 15) is 10.1 Å². The molecule has 2 aromatic rings. The van der Waals surface area contributed by atoms with Gasteiger partial charge in [0.15, 0.2) is 11.0 Å². The van der Waals surface area contributed by atoms with Gasteiger partial charge in [-0.15, -0.1) is 21.5 Å². The third kappa shape index (κ3) is 3.58. The second kappa shape index (κ2) is 7.88. The fourth-order valence-electron chi connectivity index (χ4n) is 3.94. The largest absolute Gasteiger partial charge is 0.326 e. The predicted octanol–water partition coefficient (Wildman–Crippen LogP) is 4.51. The van der Waals surface area contributed by atoms with Crippen molar-refractivity contribution in [1.82, 2.24) is 19.7 Å². The Morgan fingerprint density at radius 2 is 2.14 bits per heavy atom. The van der Waals surface area contributed by atoms with E-state index in [2.05, 4.69) is 26.9 Å². The molecule has 2 heterocycles. The van der Waals surface area contributed by atoms with Crippen LogP contribution in [0.15, 0.2) is 22.7 Å². The Bertz CT molecular complexity index is 875. The molecule has 8 heteroatoms. The summed E-state index contributed by atoms with van der Waals surface area (Å²) >= 11 is 3.12. The summed E-state index contributed by atoms with van der Waals surface area (Å²) in [6.45, 7) is 1.91. The number of thioether (sulfide) groups is 1. The first-order chi connectivity index (χ1) is 13.6. The molecule has 0 spiro atoms. The van der Waals surface area contributed by atoms with Gasteiger partial charge in [0.25, 0.3) is 0 Å². The zero-order chi connectivity index (χ0) is 19.7. The van der Waals surface area contributed by atoms with E-state index in [1.807, 2.05) is 18.4 Å². The van der Waals surface area contributed by atoms with Crippen molar-refractivity contribution < 1.29 is 4.79 Å². The Morgan fingerprint density at radius 3 is 2.75 bits per heavy atom. The predicted molar refractivity (Wildman–Crippen MR) is 111 cm³/mol. The lowest BCUT2D eigenvalue weighted by Gasteiger charge is -2.40. The highest BCUT2D eigenvalue weighted by Crippen LogP contribution is 2.43. The minimum absolute atomic E-state index is 0.00327. The molecule has 6 nitrogen and oxygen atoms in total. The van der Waals surface area contributed by atoms with E-state index in [-0.39, 0.29) is 11.2 Å². The number of amides is 1. The molecule has 2 fully saturated rings. The van der Waals surface area contributed by atoms with Crippen LogP contribution >= 0.6 is 23.1 Å². The van der Waals surface area contributed by atoms with E-state index in [1.54, 1.807) is 23.3 Å². The number of carbonyl (C=O) groups is 1. The number of aromatic nitrogens is 3. The third-order valence-corrected chi connectivity index (χ3v) is 7.72. The molecule has 0 N–H and O–H groups in total. The van der Waals surface area contributed by atoms with Crippen LogP contribution in [0.2, 0.25) is 0 Å². The molecule has 0 unspecified atom stereocenters. The van der Waals surface area contributed by atoms with Crippen LogP contribution in [0.25, 0.3) is 10.7 Å². The summed E-state index contributed by atoms with van der Waals surface area (Å²) in [5, 5.41) is 21.2. The van der Waals surface area contributed by atoms with E-state index >= 15 is 0 Å². The molecule has 0 radical (unpaired) electrons. The third-order valence-electron chi connectivity index (χ3n) is 5.81. The number of nitriles is 1. The van der Waals surface area contributed by atoms with Gasteiger partial charge in [0.05, 0.1) is 16.2 Å². The van der Waals surface area contributed by atoms with Crippen LogP contribution < -0.4 is 0 Å². The molecule has 148 valence electrons. The fourth-order valence-corrected chi connectivity index (χ4v) is 5.66. The van der Waals surface area contributed by atoms with Crippen molar-refractivity contribution >= 4 is 29.0 Å². The summed E-state index contributed by atoms with van der Waals surface area (Å²) in [6, 6.07) is 6.95. The van der Waals surface area contributed by atoms with E-state index in [0.717, 1.165) is 60.8 Å². The monoisotopic (exact) mass is 415 g/mol. The van der Waals surface area contributed by atoms with E-state index in [1.165, 1.54) is 11.8 Å². The van der Waals surface area contributed by atoms with Crippen molar-refractivity contribution in [2.45, 2.75) is 73.9 Å². The minimum Gasteiger partial charge on any atom is -0.326 e. The van der Waals surface area contributed by atoms with Gasteiger partial charge in [-0.25, -0.2) is 0 Å². The molecule has 0 aliphatic heterocycles. The Labute approximate surface area is 173 Å². The number of rotatable bonds is 6. The fraction of sp³-hybridized carbons (Fsp3) is 0.600. The molecule has 28 heavy (non-hydrogen) atoms. The highest BCUT2D eigenvalue weighted by atomic mass is 32.2. The van der Waals surface area contributed by atoms with Gasteiger partial charge in [-0.05, 0) is 44.1 Å². The van der Waals surface area contributed by atoms with Crippen molar-refractivity contribution in [3.05, 3.63) is 17.5 Å². The van der Waals surface area contributed by atoms with Crippen molar-refractivity contribution in [2.75, 3.05) is 7.05 Å². The maximum Gasteiger partial charge on any atom is 0.236 e. The zero-order valence-corrected chi connectivity index (χ0v) is 17.9. The van der Waals surface area contributed by atoms with Crippen molar-refractivity contribution in [3.63, 3.8) is 0 Å². The molecule has 0 aromatic carbocycles. The maximum absolute atomic E-state index is 13.1. The van der Waals surface area contributed by atoms with Gasteiger partial charge in [0.1, 0.15) is 5.54 Å². The lowest BCUT2D eigenvalue weighted by molar-refractivity contribution is -0.133. The Kier molecular flexibility index (Phi) is 5.48. The summed E-state index contributed by atoms with van der Waals surface area (Å²) < 4.78 is 2.20. The first-order valence-electron chi connectivity index (χ1n) is 9.90. The van der Waals surface area contributed by atoms with Crippen LogP contribution in [-0.2, 0) is 4.79 Å². The lowest BCUT2D eigenvalue weighted by atomic mass is 9.81. The summed E-state index contributed by atoms with van der Waals surface area (Å²) in [5.74, 6) is 0.894. The molecule has 0 saturated heterocycles. The molecule has 2 saturated carbocycles. The minimum atomic E-state index is -0.656. The molecule has 1 amide bonds. The second-order valence-electron chi connectivity index (χ2n) is 7.75. The summed E-state index contributed by atoms with van der Waals surface area (Å²) in [4.78, 5) is 15.9. The standard InChI is InChI=1S/C20H25N5OS2/c1-14(18(26)24(2)20(13-21)10-4-3-5-11-20)28-19-23-22-17(16-7-6-12-27-16)25(19)15-8-9-15/h6-7,12,14-15H,3-5,8-11H2,1-2H3/t14-/m0/s1. The SMILES string of the molecule is C[C@H](Sc1nnc(-c2cccs2)n1C1CC1)C(=O)N(C)C1(C#N)CCCCC1. The van der Waals surface area contributed by atoms with Crippen LogP contribution in [0.4, 0.5) is 0 Å². The first-order valence-corrected chi connectivity index (χ1v) is 11.7. The summed E-state index contributed by atoms with van der Waals surface area (Å²) in [5.41, 5.74) is -0.656. The summed E-state index contributed by atoms with van der Waals surface area (Å²) in [7, 11) is 1.79. The van der Waals surface area contributed by atoms with Crippen molar-refractivity contribution in [3.8, 4) is 16.8 Å². The van der Waals surface area contributed by atoms with Gasteiger partial charge in [0, 0.05) is 13.1 Å². The normalized spacial score (nSPS) is 19.8. The quantitative estimate of drug-likeness (QED) is 0.649. The Morgan fingerprint density at radius 1 is 1.39 bits per heavy atom. The average molecular weight is 416 g/mol. The van der Waals surface area contributed by atoms with Crippen molar-refractivity contribution in [2.24, 2.45) is 0 Å². The smallest absolute Gasteiger partial charge is 0.236 e. The number of carbonyl (C=O) groups excluding carboxylic acids is 1. The van der Waals surface area contributed by atoms with Crippen LogP contribution in [0.1, 0.15) is 57.9 Å². The average Bonchev–Trinajstić information content (AvgIpc) is 3.25. The zero-order valence-electron chi connectivity index (χ0n) is 16.3. The van der Waals surface area contributed by atoms with Gasteiger partial charge in [-0.3, -0.25) is 9.36 Å². The van der Waals surface area contributed by atoms with Crippen LogP contribution in [0, 0.1) is 11.3 Å². The molecule has 0 bridgehead atoms. The molecule has 2 aliphatic rings. The van der Waals surface area contributed by atoms with Crippen LogP contribution in [0.3, 0.4) is 0 Å². The molecule has 1 atom stereocenters. The van der Waals surface area contributed by atoms with Gasteiger partial charge < -0.3 is 4.90 Å². The lowest BCUT2D eigenvalue weighted by Crippen LogP contribution is -2.52. The second-order valence-corrected chi connectivity index (χ2v) is 10.0. The van der Waals surface area contributed by atoms with Gasteiger partial charge in [-0.1, -0.05) is 37.1 Å². The highest BCUT2D eigenvalue weighted by Gasteiger charge is 2.41. The Hall–Kier alpha value is -1.85. The van der Waals surface area contributed by atoms with E-state index in [4.69, 9.17) is 0 Å². The first kappa shape index (κ1) is 19.5. The van der Waals surface area contributed by atoms with Gasteiger partial charge in [-0.2, -0.15) is 5.26 Å². The maximum atomic E-state index is 13.1. The van der Waals surface area contributed by atoms with Crippen LogP contribution in [-0.4, -0.2) is 43.4 Å². The molecule has 2 aliphatic carbocycles. The number of hydrogen-bond acceptors (Lipinski definition) is 6. The highest BCUT2D eigenvalue weighted by molar-refractivity contribution is 8.00. The molecule has 2 aromatic heterocycles. The van der Waals surface area contributed by atoms with Crippen molar-refractivity contribution in [1.29, 1.82) is 5.26 Å². The Balaban J connectivity index is 1.53. The number of hydrogen-bond donors (Lipinski definition) is 0. The topological polar surface area (TPSA) is 74.8 Å². The number of nitrogens with zero attached hydrogens (tertiary/aromatic N) is 5. The molecule has 4 rings (SSSR count). The number of thiophene rings is 1. The van der Waals surface area contributed by atoms with E-state index in [0.29, 0.717) is 6.04 Å². The molecular weight excluding hydrogens is 390 g/mol. The van der Waals surface area contributed by atoms with Gasteiger partial charge in [0.2, 0.25) is 5.91 Å². The van der Waals surface area contributed by atoms with Gasteiger partial charge >= 0.3 is 0 Å². The molecular formula is C20H25N5OS2. The van der Waals surface area contributed by atoms with E-state index < -0.39 is 5.54 Å². The van der Waals surface area contributed by atoms with Crippen LogP contribution in [0.5, 0.6) is 0 Å². The summed E-state index contributed by atoms with van der Waals surface area (Å²) in [6.07, 6.45) is 6.95.